The van der Waals surface area contributed by atoms with Crippen LogP contribution < -0.4 is 0 Å². The number of allylic oxidation sites excluding steroid dienone is 5. The fraction of sp³-hybridized carbons (Fsp3) is 0.619. The van der Waals surface area contributed by atoms with Crippen LogP contribution in [-0.4, -0.2) is 11.7 Å². The molecule has 0 rings (SSSR count). The Morgan fingerprint density at radius 1 is 0.818 bits per heavy atom. The van der Waals surface area contributed by atoms with Crippen LogP contribution in [0.3, 0.4) is 0 Å². The summed E-state index contributed by atoms with van der Waals surface area (Å²) >= 11 is 0. The van der Waals surface area contributed by atoms with Gasteiger partial charge in [-0.05, 0) is 66.7 Å². The van der Waals surface area contributed by atoms with Gasteiger partial charge in [-0.15, -0.1) is 0 Å². The molecule has 0 aromatic carbocycles. The maximum absolute atomic E-state index is 8.92. The first-order chi connectivity index (χ1) is 10.1. The highest BCUT2D eigenvalue weighted by Crippen LogP contribution is 2.18. The van der Waals surface area contributed by atoms with Crippen molar-refractivity contribution in [2.75, 3.05) is 6.61 Å². The van der Waals surface area contributed by atoms with Crippen LogP contribution in [-0.2, 0) is 0 Å². The van der Waals surface area contributed by atoms with Gasteiger partial charge in [-0.3, -0.25) is 0 Å². The van der Waals surface area contributed by atoms with Gasteiger partial charge in [0.15, 0.2) is 0 Å². The lowest BCUT2D eigenvalue weighted by Crippen LogP contribution is -2.05. The summed E-state index contributed by atoms with van der Waals surface area (Å²) in [6.45, 7) is 22.7. The number of hydrogen-bond acceptors (Lipinski definition) is 1. The maximum Gasteiger partial charge on any atom is 0.0499 e. The van der Waals surface area contributed by atoms with Crippen molar-refractivity contribution in [3.63, 3.8) is 0 Å². The molecule has 0 spiro atoms. The molecule has 0 saturated carbocycles. The summed E-state index contributed by atoms with van der Waals surface area (Å²) in [7, 11) is 0. The molecule has 0 bridgehead atoms. The molecule has 128 valence electrons. The Hall–Kier alpha value is -1.08. The van der Waals surface area contributed by atoms with Gasteiger partial charge >= 0.3 is 0 Å². The van der Waals surface area contributed by atoms with Crippen LogP contribution in [0.25, 0.3) is 0 Å². The van der Waals surface area contributed by atoms with Crippen molar-refractivity contribution < 1.29 is 5.11 Å². The van der Waals surface area contributed by atoms with Gasteiger partial charge in [-0.25, -0.2) is 0 Å². The van der Waals surface area contributed by atoms with E-state index in [-0.39, 0.29) is 12.5 Å². The highest BCUT2D eigenvalue weighted by Gasteiger charge is 2.05. The van der Waals surface area contributed by atoms with E-state index in [1.54, 1.807) is 0 Å². The summed E-state index contributed by atoms with van der Waals surface area (Å²) in [5.74, 6) is 0.926. The van der Waals surface area contributed by atoms with Gasteiger partial charge in [0.1, 0.15) is 0 Å². The van der Waals surface area contributed by atoms with Crippen molar-refractivity contribution in [3.8, 4) is 0 Å². The summed E-state index contributed by atoms with van der Waals surface area (Å²) in [6, 6.07) is 0. The molecule has 0 radical (unpaired) electrons. The minimum atomic E-state index is 0.207. The van der Waals surface area contributed by atoms with E-state index in [0.29, 0.717) is 5.92 Å². The molecule has 0 amide bonds. The summed E-state index contributed by atoms with van der Waals surface area (Å²) in [5, 5.41) is 8.92. The van der Waals surface area contributed by atoms with Gasteiger partial charge in [0.05, 0.1) is 0 Å². The van der Waals surface area contributed by atoms with Crippen LogP contribution in [0, 0.1) is 11.8 Å². The molecule has 0 aliphatic carbocycles. The predicted molar refractivity (Wildman–Crippen MR) is 102 cm³/mol. The van der Waals surface area contributed by atoms with E-state index in [4.69, 9.17) is 5.11 Å². The molecule has 1 nitrogen and oxygen atoms in total. The molecular weight excluding hydrogens is 268 g/mol. The molecule has 0 saturated heterocycles. The molecule has 0 aromatic rings. The van der Waals surface area contributed by atoms with E-state index in [2.05, 4.69) is 66.9 Å². The molecule has 1 unspecified atom stereocenters. The minimum absolute atomic E-state index is 0.207. The van der Waals surface area contributed by atoms with E-state index in [1.807, 2.05) is 6.92 Å². The second-order valence-corrected chi connectivity index (χ2v) is 6.71. The zero-order valence-electron chi connectivity index (χ0n) is 16.0. The highest BCUT2D eigenvalue weighted by atomic mass is 16.3. The molecule has 22 heavy (non-hydrogen) atoms. The lowest BCUT2D eigenvalue weighted by Gasteiger charge is -2.11. The number of rotatable bonds is 8. The van der Waals surface area contributed by atoms with Crippen molar-refractivity contribution >= 4 is 0 Å². The van der Waals surface area contributed by atoms with Gasteiger partial charge in [0.25, 0.3) is 0 Å². The van der Waals surface area contributed by atoms with Crippen LogP contribution in [0.5, 0.6) is 0 Å². The standard InChI is InChI=1S/C11H20.C10H18O/c1-6-11(10(4)5)8-7-9(2)3;1-8(2)5-6-10(7-11)9(3)4/h7,11H,4,6,8H2,1-3,5H3;5,10-11H,3,6-7H2,1-2,4H3/t;10-/m.0/s1. The third-order valence-corrected chi connectivity index (χ3v) is 3.73. The molecule has 1 heteroatoms. The zero-order chi connectivity index (χ0) is 17.7. The lowest BCUT2D eigenvalue weighted by atomic mass is 9.94. The molecular formula is C21H38O. The van der Waals surface area contributed by atoms with Crippen molar-refractivity contribution in [3.05, 3.63) is 47.6 Å². The first-order valence-corrected chi connectivity index (χ1v) is 8.33. The van der Waals surface area contributed by atoms with Crippen LogP contribution >= 0.6 is 0 Å². The first-order valence-electron chi connectivity index (χ1n) is 8.33. The van der Waals surface area contributed by atoms with E-state index < -0.39 is 0 Å². The van der Waals surface area contributed by atoms with Crippen LogP contribution in [0.4, 0.5) is 0 Å². The Bertz CT molecular complexity index is 339. The third kappa shape index (κ3) is 13.9. The zero-order valence-corrected chi connectivity index (χ0v) is 16.0. The van der Waals surface area contributed by atoms with Gasteiger partial charge < -0.3 is 5.11 Å². The Kier molecular flexibility index (Phi) is 14.3. The van der Waals surface area contributed by atoms with Gasteiger partial charge in [-0.1, -0.05) is 54.5 Å². The fourth-order valence-electron chi connectivity index (χ4n) is 1.90. The summed E-state index contributed by atoms with van der Waals surface area (Å²) in [5.41, 5.74) is 5.07. The molecule has 0 aliphatic heterocycles. The van der Waals surface area contributed by atoms with Crippen LogP contribution in [0.2, 0.25) is 0 Å². The predicted octanol–water partition coefficient (Wildman–Crippen LogP) is 6.47. The maximum atomic E-state index is 8.92. The monoisotopic (exact) mass is 306 g/mol. The molecule has 1 N–H and O–H groups in total. The number of aliphatic hydroxyl groups is 1. The van der Waals surface area contributed by atoms with E-state index >= 15 is 0 Å². The van der Waals surface area contributed by atoms with Crippen molar-refractivity contribution in [1.29, 1.82) is 0 Å². The molecule has 0 aliphatic rings. The normalized spacial score (nSPS) is 12.4. The Balaban J connectivity index is 0. The van der Waals surface area contributed by atoms with Crippen molar-refractivity contribution in [2.24, 2.45) is 11.8 Å². The van der Waals surface area contributed by atoms with Gasteiger partial charge in [0, 0.05) is 12.5 Å². The summed E-state index contributed by atoms with van der Waals surface area (Å²) in [6.07, 6.45) is 7.71. The molecule has 0 heterocycles. The highest BCUT2D eigenvalue weighted by molar-refractivity contribution is 5.03. The van der Waals surface area contributed by atoms with Crippen molar-refractivity contribution in [1.82, 2.24) is 0 Å². The van der Waals surface area contributed by atoms with Gasteiger partial charge in [0.2, 0.25) is 0 Å². The quantitative estimate of drug-likeness (QED) is 0.509. The topological polar surface area (TPSA) is 20.2 Å². The Morgan fingerprint density at radius 3 is 1.41 bits per heavy atom. The molecule has 0 fully saturated rings. The Morgan fingerprint density at radius 2 is 1.18 bits per heavy atom. The number of hydrogen-bond donors (Lipinski definition) is 1. The second kappa shape index (κ2) is 13.6. The third-order valence-electron chi connectivity index (χ3n) is 3.73. The van der Waals surface area contributed by atoms with E-state index in [0.717, 1.165) is 18.4 Å². The Labute approximate surface area is 139 Å². The average molecular weight is 307 g/mol. The molecule has 0 aromatic heterocycles. The molecule has 2 atom stereocenters. The van der Waals surface area contributed by atoms with E-state index in [1.165, 1.54) is 23.1 Å². The fourth-order valence-corrected chi connectivity index (χ4v) is 1.90. The van der Waals surface area contributed by atoms with Crippen LogP contribution in [0.15, 0.2) is 47.6 Å². The SMILES string of the molecule is C=C(C)C(CC)CC=C(C)C.C=C(C)[C@H](CO)CC=C(C)C. The largest absolute Gasteiger partial charge is 0.396 e. The lowest BCUT2D eigenvalue weighted by molar-refractivity contribution is 0.247. The minimum Gasteiger partial charge on any atom is -0.396 e. The van der Waals surface area contributed by atoms with E-state index in [9.17, 15) is 0 Å². The van der Waals surface area contributed by atoms with Gasteiger partial charge in [-0.2, -0.15) is 0 Å². The number of aliphatic hydroxyl groups excluding tert-OH is 1. The second-order valence-electron chi connectivity index (χ2n) is 6.71. The van der Waals surface area contributed by atoms with Crippen molar-refractivity contribution in [2.45, 2.75) is 67.7 Å². The smallest absolute Gasteiger partial charge is 0.0499 e. The summed E-state index contributed by atoms with van der Waals surface area (Å²) in [4.78, 5) is 0. The first kappa shape index (κ1) is 23.2. The van der Waals surface area contributed by atoms with Crippen LogP contribution in [0.1, 0.15) is 67.7 Å². The summed E-state index contributed by atoms with van der Waals surface area (Å²) < 4.78 is 0. The average Bonchev–Trinajstić information content (AvgIpc) is 2.39.